The first-order valence-corrected chi connectivity index (χ1v) is 8.04. The summed E-state index contributed by atoms with van der Waals surface area (Å²) in [5, 5.41) is 0. The van der Waals surface area contributed by atoms with Crippen molar-refractivity contribution < 1.29 is 18.4 Å². The summed E-state index contributed by atoms with van der Waals surface area (Å²) < 4.78 is 27.0. The SMILES string of the molecule is CC(=O)N1CCN(C(=O)c2ccc(F)cc2F)C[C@H]1c1ccccc1. The zero-order valence-electron chi connectivity index (χ0n) is 13.8. The van der Waals surface area contributed by atoms with Crippen molar-refractivity contribution in [3.05, 3.63) is 71.3 Å². The van der Waals surface area contributed by atoms with Crippen molar-refractivity contribution in [1.82, 2.24) is 9.80 Å². The average molecular weight is 344 g/mol. The number of carbonyl (C=O) groups is 2. The maximum Gasteiger partial charge on any atom is 0.256 e. The van der Waals surface area contributed by atoms with Gasteiger partial charge in [-0.05, 0) is 17.7 Å². The lowest BCUT2D eigenvalue weighted by Gasteiger charge is -2.41. The van der Waals surface area contributed by atoms with Crippen LogP contribution in [0.5, 0.6) is 0 Å². The fourth-order valence-electron chi connectivity index (χ4n) is 3.14. The largest absolute Gasteiger partial charge is 0.334 e. The van der Waals surface area contributed by atoms with Crippen molar-refractivity contribution >= 4 is 11.8 Å². The van der Waals surface area contributed by atoms with Crippen molar-refractivity contribution in [3.63, 3.8) is 0 Å². The van der Waals surface area contributed by atoms with Crippen molar-refractivity contribution in [2.24, 2.45) is 0 Å². The van der Waals surface area contributed by atoms with Crippen LogP contribution in [-0.2, 0) is 4.79 Å². The van der Waals surface area contributed by atoms with Gasteiger partial charge in [0.15, 0.2) is 0 Å². The van der Waals surface area contributed by atoms with Gasteiger partial charge in [0.05, 0.1) is 11.6 Å². The molecule has 1 aliphatic heterocycles. The first kappa shape index (κ1) is 17.1. The van der Waals surface area contributed by atoms with Gasteiger partial charge in [0.25, 0.3) is 5.91 Å². The number of amides is 2. The van der Waals surface area contributed by atoms with Crippen molar-refractivity contribution in [3.8, 4) is 0 Å². The van der Waals surface area contributed by atoms with Crippen molar-refractivity contribution in [2.75, 3.05) is 19.6 Å². The van der Waals surface area contributed by atoms with E-state index in [1.54, 1.807) is 4.90 Å². The van der Waals surface area contributed by atoms with Gasteiger partial charge in [-0.25, -0.2) is 8.78 Å². The molecular weight excluding hydrogens is 326 g/mol. The molecule has 6 heteroatoms. The zero-order chi connectivity index (χ0) is 18.0. The highest BCUT2D eigenvalue weighted by Crippen LogP contribution is 2.26. The second-order valence-electron chi connectivity index (χ2n) is 6.01. The van der Waals surface area contributed by atoms with Crippen molar-refractivity contribution in [1.29, 1.82) is 0 Å². The lowest BCUT2D eigenvalue weighted by Crippen LogP contribution is -2.52. The third-order valence-electron chi connectivity index (χ3n) is 4.42. The molecule has 0 aliphatic carbocycles. The number of benzene rings is 2. The quantitative estimate of drug-likeness (QED) is 0.840. The maximum atomic E-state index is 13.9. The van der Waals surface area contributed by atoms with E-state index < -0.39 is 17.5 Å². The highest BCUT2D eigenvalue weighted by molar-refractivity contribution is 5.94. The zero-order valence-corrected chi connectivity index (χ0v) is 13.8. The van der Waals surface area contributed by atoms with Gasteiger partial charge in [0.1, 0.15) is 11.6 Å². The Hall–Kier alpha value is -2.76. The first-order valence-electron chi connectivity index (χ1n) is 8.04. The number of nitrogens with zero attached hydrogens (tertiary/aromatic N) is 2. The molecule has 0 spiro atoms. The molecule has 130 valence electrons. The Labute approximate surface area is 144 Å². The number of halogens is 2. The van der Waals surface area contributed by atoms with Crippen LogP contribution >= 0.6 is 0 Å². The van der Waals surface area contributed by atoms with Crippen LogP contribution in [0.3, 0.4) is 0 Å². The molecule has 0 aromatic heterocycles. The van der Waals surface area contributed by atoms with E-state index in [9.17, 15) is 18.4 Å². The second-order valence-corrected chi connectivity index (χ2v) is 6.01. The van der Waals surface area contributed by atoms with Crippen molar-refractivity contribution in [2.45, 2.75) is 13.0 Å². The van der Waals surface area contributed by atoms with Gasteiger partial charge in [-0.1, -0.05) is 30.3 Å². The first-order chi connectivity index (χ1) is 12.0. The van der Waals surface area contributed by atoms with E-state index in [2.05, 4.69) is 0 Å². The lowest BCUT2D eigenvalue weighted by atomic mass is 10.0. The topological polar surface area (TPSA) is 40.6 Å². The molecule has 4 nitrogen and oxygen atoms in total. The van der Waals surface area contributed by atoms with E-state index in [4.69, 9.17) is 0 Å². The molecule has 1 aliphatic rings. The smallest absolute Gasteiger partial charge is 0.256 e. The van der Waals surface area contributed by atoms with Crippen LogP contribution in [-0.4, -0.2) is 41.2 Å². The molecule has 1 atom stereocenters. The Morgan fingerprint density at radius 3 is 2.40 bits per heavy atom. The normalized spacial score (nSPS) is 17.5. The highest BCUT2D eigenvalue weighted by Gasteiger charge is 2.33. The molecule has 2 amide bonds. The van der Waals surface area contributed by atoms with Crippen LogP contribution < -0.4 is 0 Å². The summed E-state index contributed by atoms with van der Waals surface area (Å²) in [6.45, 7) is 2.42. The van der Waals surface area contributed by atoms with E-state index in [-0.39, 0.29) is 24.1 Å². The Morgan fingerprint density at radius 1 is 1.04 bits per heavy atom. The van der Waals surface area contributed by atoms with Gasteiger partial charge in [-0.2, -0.15) is 0 Å². The van der Waals surface area contributed by atoms with E-state index >= 15 is 0 Å². The molecule has 0 radical (unpaired) electrons. The van der Waals surface area contributed by atoms with Gasteiger partial charge in [-0.15, -0.1) is 0 Å². The number of carbonyl (C=O) groups excluding carboxylic acids is 2. The second kappa shape index (κ2) is 7.01. The fourth-order valence-corrected chi connectivity index (χ4v) is 3.14. The number of rotatable bonds is 2. The van der Waals surface area contributed by atoms with E-state index in [0.717, 1.165) is 17.7 Å². The minimum Gasteiger partial charge on any atom is -0.334 e. The van der Waals surface area contributed by atoms with Crippen LogP contribution in [0.4, 0.5) is 8.78 Å². The third-order valence-corrected chi connectivity index (χ3v) is 4.42. The molecule has 2 aromatic rings. The molecule has 0 N–H and O–H groups in total. The molecule has 2 aromatic carbocycles. The van der Waals surface area contributed by atoms with Crippen LogP contribution in [0.25, 0.3) is 0 Å². The summed E-state index contributed by atoms with van der Waals surface area (Å²) in [5.74, 6) is -2.18. The molecule has 0 unspecified atom stereocenters. The number of hydrogen-bond acceptors (Lipinski definition) is 2. The molecule has 1 saturated heterocycles. The van der Waals surface area contributed by atoms with Crippen LogP contribution in [0.1, 0.15) is 28.9 Å². The molecule has 3 rings (SSSR count). The maximum absolute atomic E-state index is 13.9. The molecule has 0 saturated carbocycles. The van der Waals surface area contributed by atoms with Gasteiger partial charge in [-0.3, -0.25) is 9.59 Å². The lowest BCUT2D eigenvalue weighted by molar-refractivity contribution is -0.133. The molecule has 25 heavy (non-hydrogen) atoms. The van der Waals surface area contributed by atoms with Gasteiger partial charge < -0.3 is 9.80 Å². The van der Waals surface area contributed by atoms with Crippen LogP contribution in [0.15, 0.2) is 48.5 Å². The summed E-state index contributed by atoms with van der Waals surface area (Å²) in [5.41, 5.74) is 0.749. The van der Waals surface area contributed by atoms with E-state index in [0.29, 0.717) is 19.2 Å². The van der Waals surface area contributed by atoms with E-state index in [1.165, 1.54) is 11.8 Å². The predicted octanol–water partition coefficient (Wildman–Crippen LogP) is 3.01. The number of hydrogen-bond donors (Lipinski definition) is 0. The Balaban J connectivity index is 1.87. The van der Waals surface area contributed by atoms with Crippen LogP contribution in [0.2, 0.25) is 0 Å². The monoisotopic (exact) mass is 344 g/mol. The highest BCUT2D eigenvalue weighted by atomic mass is 19.1. The minimum absolute atomic E-state index is 0.0751. The fraction of sp³-hybridized carbons (Fsp3) is 0.263. The Kier molecular flexibility index (Phi) is 4.79. The molecule has 0 bridgehead atoms. The van der Waals surface area contributed by atoms with Gasteiger partial charge in [0.2, 0.25) is 5.91 Å². The Bertz CT molecular complexity index is 795. The molecule has 1 fully saturated rings. The standard InChI is InChI=1S/C19H18F2N2O2/c1-13(24)23-10-9-22(12-18(23)14-5-3-2-4-6-14)19(25)16-8-7-15(20)11-17(16)21/h2-8,11,18H,9-10,12H2,1H3/t18-/m0/s1. The predicted molar refractivity (Wildman–Crippen MR) is 88.8 cm³/mol. The van der Waals surface area contributed by atoms with E-state index in [1.807, 2.05) is 30.3 Å². The molecular formula is C19H18F2N2O2. The summed E-state index contributed by atoms with van der Waals surface area (Å²) >= 11 is 0. The number of piperazine rings is 1. The van der Waals surface area contributed by atoms with Crippen LogP contribution in [0, 0.1) is 11.6 Å². The summed E-state index contributed by atoms with van der Waals surface area (Å²) in [4.78, 5) is 27.8. The summed E-state index contributed by atoms with van der Waals surface area (Å²) in [6.07, 6.45) is 0. The Morgan fingerprint density at radius 2 is 1.76 bits per heavy atom. The third kappa shape index (κ3) is 3.52. The van der Waals surface area contributed by atoms with Gasteiger partial charge >= 0.3 is 0 Å². The average Bonchev–Trinajstić information content (AvgIpc) is 2.61. The summed E-state index contributed by atoms with van der Waals surface area (Å²) in [7, 11) is 0. The minimum atomic E-state index is -0.879. The molecule has 1 heterocycles. The summed E-state index contributed by atoms with van der Waals surface area (Å²) in [6, 6.07) is 12.0. The van der Waals surface area contributed by atoms with Gasteiger partial charge in [0, 0.05) is 32.6 Å².